The van der Waals surface area contributed by atoms with Crippen molar-refractivity contribution < 1.29 is 27.0 Å². The minimum atomic E-state index is -1.76. The maximum atomic E-state index is 13.8. The smallest absolute Gasteiger partial charge is 0.197 e. The zero-order chi connectivity index (χ0) is 21.9. The summed E-state index contributed by atoms with van der Waals surface area (Å²) in [4.78, 5) is 0. The molecule has 2 nitrogen and oxygen atoms in total. The highest BCUT2D eigenvalue weighted by molar-refractivity contribution is 5.21. The lowest BCUT2D eigenvalue weighted by Crippen LogP contribution is -2.39. The quantitative estimate of drug-likeness (QED) is 0.0972. The second kappa shape index (κ2) is 13.2. The summed E-state index contributed by atoms with van der Waals surface area (Å²) >= 11 is 0. The normalized spacial score (nSPS) is 13.1. The van der Waals surface area contributed by atoms with Crippen molar-refractivity contribution in [1.82, 2.24) is 0 Å². The van der Waals surface area contributed by atoms with Crippen LogP contribution in [0.3, 0.4) is 0 Å². The van der Waals surface area contributed by atoms with E-state index in [0.29, 0.717) is 6.42 Å². The van der Waals surface area contributed by atoms with Crippen molar-refractivity contribution >= 4 is 0 Å². The Balaban J connectivity index is 2.57. The van der Waals surface area contributed by atoms with E-state index >= 15 is 0 Å². The van der Waals surface area contributed by atoms with Crippen LogP contribution >= 0.6 is 0 Å². The number of unbranched alkanes of at least 4 members (excludes halogenated alkanes) is 6. The first-order valence-corrected chi connectivity index (χ1v) is 10.7. The maximum Gasteiger partial charge on any atom is 0.197 e. The van der Waals surface area contributed by atoms with Crippen LogP contribution in [0.15, 0.2) is 6.07 Å². The minimum absolute atomic E-state index is 0.130. The zero-order valence-electron chi connectivity index (χ0n) is 18.3. The van der Waals surface area contributed by atoms with E-state index in [2.05, 4.69) is 6.92 Å². The number of rotatable bonds is 15. The van der Waals surface area contributed by atoms with Gasteiger partial charge in [0.1, 0.15) is 0 Å². The average molecular weight is 421 g/mol. The highest BCUT2D eigenvalue weighted by Crippen LogP contribution is 2.32. The average Bonchev–Trinajstić information content (AvgIpc) is 2.73. The molecule has 29 heavy (non-hydrogen) atoms. The van der Waals surface area contributed by atoms with Crippen molar-refractivity contribution in [1.29, 1.82) is 0 Å². The van der Waals surface area contributed by atoms with Crippen LogP contribution in [0.4, 0.5) is 17.6 Å². The topological polar surface area (TPSA) is 18.5 Å². The van der Waals surface area contributed by atoms with Crippen molar-refractivity contribution in [3.63, 3.8) is 0 Å². The van der Waals surface area contributed by atoms with Crippen LogP contribution in [0.1, 0.15) is 83.6 Å². The number of halogens is 4. The number of hydrogen-bond acceptors (Lipinski definition) is 2. The maximum absolute atomic E-state index is 13.8. The molecule has 0 spiro atoms. The molecule has 1 aromatic rings. The SMILES string of the molecule is CCCCCCCCC(CCCCc1cc(F)c(F)c(F)c1F)C(C)(OC)OC. The minimum Gasteiger partial charge on any atom is -0.353 e. The van der Waals surface area contributed by atoms with Gasteiger partial charge in [-0.05, 0) is 44.2 Å². The Bertz CT molecular complexity index is 603. The van der Waals surface area contributed by atoms with Crippen LogP contribution in [-0.2, 0) is 15.9 Å². The molecule has 6 heteroatoms. The van der Waals surface area contributed by atoms with E-state index in [0.717, 1.165) is 31.7 Å². The monoisotopic (exact) mass is 420 g/mol. The van der Waals surface area contributed by atoms with Crippen LogP contribution in [0.25, 0.3) is 0 Å². The number of methoxy groups -OCH3 is 2. The summed E-state index contributed by atoms with van der Waals surface area (Å²) in [6.07, 6.45) is 10.4. The molecule has 1 aromatic carbocycles. The van der Waals surface area contributed by atoms with Gasteiger partial charge in [-0.25, -0.2) is 17.6 Å². The van der Waals surface area contributed by atoms with Crippen molar-refractivity contribution in [2.75, 3.05) is 14.2 Å². The third kappa shape index (κ3) is 7.89. The van der Waals surface area contributed by atoms with Gasteiger partial charge < -0.3 is 9.47 Å². The van der Waals surface area contributed by atoms with Gasteiger partial charge in [0, 0.05) is 20.1 Å². The van der Waals surface area contributed by atoms with E-state index in [1.165, 1.54) is 32.1 Å². The Kier molecular flexibility index (Phi) is 11.8. The van der Waals surface area contributed by atoms with Crippen molar-refractivity contribution in [3.8, 4) is 0 Å². The summed E-state index contributed by atoms with van der Waals surface area (Å²) < 4.78 is 64.8. The summed E-state index contributed by atoms with van der Waals surface area (Å²) in [5.74, 6) is -6.70. The fourth-order valence-electron chi connectivity index (χ4n) is 3.77. The van der Waals surface area contributed by atoms with E-state index < -0.39 is 29.1 Å². The van der Waals surface area contributed by atoms with Gasteiger partial charge in [-0.1, -0.05) is 51.9 Å². The van der Waals surface area contributed by atoms with Crippen LogP contribution in [0.2, 0.25) is 0 Å². The molecule has 1 rings (SSSR count). The summed E-state index contributed by atoms with van der Waals surface area (Å²) in [7, 11) is 3.24. The molecule has 0 aliphatic carbocycles. The first-order valence-electron chi connectivity index (χ1n) is 10.7. The Labute approximate surface area is 173 Å². The summed E-state index contributed by atoms with van der Waals surface area (Å²) in [6, 6.07) is 0.746. The Morgan fingerprint density at radius 2 is 1.34 bits per heavy atom. The standard InChI is InChI=1S/C23H36F4O2/c1-5-6-7-8-9-10-14-18(23(2,28-3)29-4)15-12-11-13-17-16-19(24)21(26)22(27)20(17)25/h16,18H,5-15H2,1-4H3. The van der Waals surface area contributed by atoms with Gasteiger partial charge in [-0.15, -0.1) is 0 Å². The first kappa shape index (κ1) is 25.9. The van der Waals surface area contributed by atoms with E-state index in [1.54, 1.807) is 14.2 Å². The molecular formula is C23H36F4O2. The first-order chi connectivity index (χ1) is 13.8. The van der Waals surface area contributed by atoms with Gasteiger partial charge in [0.2, 0.25) is 0 Å². The Hall–Kier alpha value is -1.14. The van der Waals surface area contributed by atoms with Gasteiger partial charge >= 0.3 is 0 Å². The van der Waals surface area contributed by atoms with Crippen molar-refractivity contribution in [3.05, 3.63) is 34.9 Å². The summed E-state index contributed by atoms with van der Waals surface area (Å²) in [5.41, 5.74) is -0.130. The highest BCUT2D eigenvalue weighted by Gasteiger charge is 2.33. The number of ether oxygens (including phenoxy) is 2. The van der Waals surface area contributed by atoms with E-state index in [9.17, 15) is 17.6 Å². The third-order valence-electron chi connectivity index (χ3n) is 5.89. The second-order valence-electron chi connectivity index (χ2n) is 7.88. The lowest BCUT2D eigenvalue weighted by atomic mass is 9.87. The van der Waals surface area contributed by atoms with E-state index in [4.69, 9.17) is 9.47 Å². The second-order valence-corrected chi connectivity index (χ2v) is 7.88. The van der Waals surface area contributed by atoms with E-state index in [1.807, 2.05) is 6.92 Å². The van der Waals surface area contributed by atoms with Gasteiger partial charge in [-0.2, -0.15) is 0 Å². The number of benzene rings is 1. The summed E-state index contributed by atoms with van der Waals surface area (Å²) in [5, 5.41) is 0. The van der Waals surface area contributed by atoms with Gasteiger partial charge in [0.25, 0.3) is 0 Å². The fraction of sp³-hybridized carbons (Fsp3) is 0.739. The number of aryl methyl sites for hydroxylation is 1. The molecule has 1 atom stereocenters. The molecular weight excluding hydrogens is 384 g/mol. The van der Waals surface area contributed by atoms with Crippen molar-refractivity contribution in [2.45, 2.75) is 90.3 Å². The Morgan fingerprint density at radius 3 is 1.93 bits per heavy atom. The summed E-state index contributed by atoms with van der Waals surface area (Å²) in [6.45, 7) is 4.11. The van der Waals surface area contributed by atoms with Gasteiger partial charge in [-0.3, -0.25) is 0 Å². The molecule has 0 saturated carbocycles. The largest absolute Gasteiger partial charge is 0.353 e. The zero-order valence-corrected chi connectivity index (χ0v) is 18.3. The van der Waals surface area contributed by atoms with Crippen LogP contribution in [0, 0.1) is 29.2 Å². The molecule has 0 aliphatic rings. The highest BCUT2D eigenvalue weighted by atomic mass is 19.2. The molecule has 0 saturated heterocycles. The molecule has 0 N–H and O–H groups in total. The predicted octanol–water partition coefficient (Wildman–Crippen LogP) is 7.33. The molecule has 0 aromatic heterocycles. The molecule has 0 bridgehead atoms. The third-order valence-corrected chi connectivity index (χ3v) is 5.89. The van der Waals surface area contributed by atoms with Gasteiger partial charge in [0.15, 0.2) is 29.1 Å². The lowest BCUT2D eigenvalue weighted by molar-refractivity contribution is -0.230. The molecule has 0 heterocycles. The molecule has 0 amide bonds. The predicted molar refractivity (Wildman–Crippen MR) is 108 cm³/mol. The van der Waals surface area contributed by atoms with E-state index in [-0.39, 0.29) is 17.9 Å². The number of hydrogen-bond donors (Lipinski definition) is 0. The lowest BCUT2D eigenvalue weighted by Gasteiger charge is -2.35. The van der Waals surface area contributed by atoms with Crippen LogP contribution < -0.4 is 0 Å². The van der Waals surface area contributed by atoms with Crippen LogP contribution in [-0.4, -0.2) is 20.0 Å². The molecule has 0 aliphatic heterocycles. The fourth-order valence-corrected chi connectivity index (χ4v) is 3.77. The molecule has 0 radical (unpaired) electrons. The molecule has 168 valence electrons. The van der Waals surface area contributed by atoms with Gasteiger partial charge in [0.05, 0.1) is 0 Å². The Morgan fingerprint density at radius 1 is 0.793 bits per heavy atom. The van der Waals surface area contributed by atoms with Crippen LogP contribution in [0.5, 0.6) is 0 Å². The molecule has 0 fully saturated rings. The molecule has 1 unspecified atom stereocenters. The van der Waals surface area contributed by atoms with Crippen molar-refractivity contribution in [2.24, 2.45) is 5.92 Å².